The third kappa shape index (κ3) is 5.66. The number of fused-ring (bicyclic) bond motifs is 1. The van der Waals surface area contributed by atoms with Crippen LogP contribution >= 0.6 is 0 Å². The van der Waals surface area contributed by atoms with E-state index >= 15 is 0 Å². The molecule has 0 spiro atoms. The average Bonchev–Trinajstić information content (AvgIpc) is 2.84. The molecule has 0 aliphatic carbocycles. The van der Waals surface area contributed by atoms with Crippen molar-refractivity contribution in [1.82, 2.24) is 9.80 Å². The molecule has 2 aromatic rings. The standard InChI is InChI=1S/C25H32N4O3/c1-2-27-13-15-28(16-14-27)19-20-7-9-21(10-8-20)26-24(30)11-12-25(31)29-17-18-32-23-6-4-3-5-22(23)29/h3-10H,2,11-19H2,1H3,(H,26,30). The lowest BCUT2D eigenvalue weighted by atomic mass is 10.1. The molecule has 1 N–H and O–H groups in total. The van der Waals surface area contributed by atoms with Gasteiger partial charge in [-0.3, -0.25) is 14.5 Å². The zero-order valence-electron chi connectivity index (χ0n) is 18.8. The second-order valence-electron chi connectivity index (χ2n) is 8.32. The predicted molar refractivity (Wildman–Crippen MR) is 126 cm³/mol. The van der Waals surface area contributed by atoms with Crippen LogP contribution in [0.2, 0.25) is 0 Å². The van der Waals surface area contributed by atoms with E-state index in [1.54, 1.807) is 4.90 Å². The van der Waals surface area contributed by atoms with E-state index in [9.17, 15) is 9.59 Å². The van der Waals surface area contributed by atoms with Crippen molar-refractivity contribution in [2.75, 3.05) is 56.1 Å². The van der Waals surface area contributed by atoms with Crippen LogP contribution in [-0.4, -0.2) is 67.5 Å². The molecule has 0 radical (unpaired) electrons. The summed E-state index contributed by atoms with van der Waals surface area (Å²) in [6.45, 7) is 9.66. The fourth-order valence-electron chi connectivity index (χ4n) is 4.22. The predicted octanol–water partition coefficient (Wildman–Crippen LogP) is 2.97. The summed E-state index contributed by atoms with van der Waals surface area (Å²) in [6, 6.07) is 15.5. The molecule has 0 aromatic heterocycles. The molecule has 170 valence electrons. The number of carbonyl (C=O) groups excluding carboxylic acids is 2. The lowest BCUT2D eigenvalue weighted by molar-refractivity contribution is -0.122. The Morgan fingerprint density at radius 1 is 0.906 bits per heavy atom. The maximum absolute atomic E-state index is 12.7. The number of nitrogens with one attached hydrogen (secondary N) is 1. The highest BCUT2D eigenvalue weighted by Crippen LogP contribution is 2.31. The number of hydrogen-bond donors (Lipinski definition) is 1. The summed E-state index contributed by atoms with van der Waals surface area (Å²) < 4.78 is 5.60. The minimum atomic E-state index is -0.150. The molecular weight excluding hydrogens is 404 g/mol. The molecule has 0 atom stereocenters. The Hall–Kier alpha value is -2.90. The van der Waals surface area contributed by atoms with Gasteiger partial charge in [-0.05, 0) is 36.4 Å². The van der Waals surface area contributed by atoms with E-state index in [2.05, 4.69) is 34.2 Å². The minimum absolute atomic E-state index is 0.0607. The van der Waals surface area contributed by atoms with Gasteiger partial charge in [0.05, 0.1) is 12.2 Å². The van der Waals surface area contributed by atoms with Gasteiger partial charge in [0.15, 0.2) is 0 Å². The minimum Gasteiger partial charge on any atom is -0.490 e. The van der Waals surface area contributed by atoms with Gasteiger partial charge in [-0.2, -0.15) is 0 Å². The van der Waals surface area contributed by atoms with Gasteiger partial charge in [0, 0.05) is 51.3 Å². The monoisotopic (exact) mass is 436 g/mol. The van der Waals surface area contributed by atoms with Gasteiger partial charge in [-0.15, -0.1) is 0 Å². The zero-order chi connectivity index (χ0) is 22.3. The van der Waals surface area contributed by atoms with Gasteiger partial charge in [0.25, 0.3) is 0 Å². The van der Waals surface area contributed by atoms with Crippen LogP contribution in [0.1, 0.15) is 25.3 Å². The molecule has 4 rings (SSSR count). The van der Waals surface area contributed by atoms with Crippen LogP contribution < -0.4 is 15.0 Å². The van der Waals surface area contributed by atoms with Crippen molar-refractivity contribution in [2.45, 2.75) is 26.3 Å². The summed E-state index contributed by atoms with van der Waals surface area (Å²) in [5.74, 6) is 0.502. The first-order valence-electron chi connectivity index (χ1n) is 11.5. The second kappa shape index (κ2) is 10.6. The number of benzene rings is 2. The summed E-state index contributed by atoms with van der Waals surface area (Å²) >= 11 is 0. The number of amides is 2. The van der Waals surface area contributed by atoms with E-state index in [-0.39, 0.29) is 24.7 Å². The zero-order valence-corrected chi connectivity index (χ0v) is 18.8. The topological polar surface area (TPSA) is 65.1 Å². The maximum atomic E-state index is 12.7. The number of rotatable bonds is 7. The van der Waals surface area contributed by atoms with E-state index < -0.39 is 0 Å². The molecule has 1 fully saturated rings. The number of likely N-dealkylation sites (N-methyl/N-ethyl adjacent to an activating group) is 1. The molecule has 7 nitrogen and oxygen atoms in total. The fraction of sp³-hybridized carbons (Fsp3) is 0.440. The van der Waals surface area contributed by atoms with E-state index in [4.69, 9.17) is 4.74 Å². The smallest absolute Gasteiger partial charge is 0.227 e. The largest absolute Gasteiger partial charge is 0.490 e. The molecule has 2 aromatic carbocycles. The molecule has 0 bridgehead atoms. The first-order chi connectivity index (χ1) is 15.6. The van der Waals surface area contributed by atoms with Crippen LogP contribution in [0, 0.1) is 0 Å². The highest BCUT2D eigenvalue weighted by molar-refractivity contribution is 5.99. The summed E-state index contributed by atoms with van der Waals surface area (Å²) in [6.07, 6.45) is 0.323. The van der Waals surface area contributed by atoms with Gasteiger partial charge in [0.2, 0.25) is 11.8 Å². The van der Waals surface area contributed by atoms with E-state index in [0.29, 0.717) is 18.9 Å². The van der Waals surface area contributed by atoms with Crippen LogP contribution in [0.5, 0.6) is 5.75 Å². The number of carbonyl (C=O) groups is 2. The average molecular weight is 437 g/mol. The Morgan fingerprint density at radius 3 is 2.38 bits per heavy atom. The molecule has 1 saturated heterocycles. The number of piperazine rings is 1. The number of hydrogen-bond acceptors (Lipinski definition) is 5. The molecule has 0 unspecified atom stereocenters. The molecule has 32 heavy (non-hydrogen) atoms. The van der Waals surface area contributed by atoms with Crippen LogP contribution in [-0.2, 0) is 16.1 Å². The highest BCUT2D eigenvalue weighted by Gasteiger charge is 2.23. The van der Waals surface area contributed by atoms with Crippen molar-refractivity contribution < 1.29 is 14.3 Å². The van der Waals surface area contributed by atoms with Crippen molar-refractivity contribution in [3.8, 4) is 5.75 Å². The number of anilines is 2. The third-order valence-electron chi connectivity index (χ3n) is 6.15. The van der Waals surface area contributed by atoms with Crippen LogP contribution in [0.3, 0.4) is 0 Å². The summed E-state index contributed by atoms with van der Waals surface area (Å²) in [5, 5.41) is 2.91. The van der Waals surface area contributed by atoms with Crippen molar-refractivity contribution in [3.05, 3.63) is 54.1 Å². The summed E-state index contributed by atoms with van der Waals surface area (Å²) in [4.78, 5) is 31.7. The maximum Gasteiger partial charge on any atom is 0.227 e. The lowest BCUT2D eigenvalue weighted by Gasteiger charge is -2.34. The van der Waals surface area contributed by atoms with Gasteiger partial charge >= 0.3 is 0 Å². The normalized spacial score (nSPS) is 16.8. The van der Waals surface area contributed by atoms with E-state index in [1.165, 1.54) is 5.56 Å². The van der Waals surface area contributed by atoms with Gasteiger partial charge in [-0.25, -0.2) is 0 Å². The van der Waals surface area contributed by atoms with Crippen LogP contribution in [0.15, 0.2) is 48.5 Å². The Balaban J connectivity index is 1.23. The van der Waals surface area contributed by atoms with Gasteiger partial charge < -0.3 is 19.9 Å². The number of nitrogens with zero attached hydrogens (tertiary/aromatic N) is 3. The Morgan fingerprint density at radius 2 is 1.62 bits per heavy atom. The van der Waals surface area contributed by atoms with Gasteiger partial charge in [0.1, 0.15) is 12.4 Å². The second-order valence-corrected chi connectivity index (χ2v) is 8.32. The quantitative estimate of drug-likeness (QED) is 0.723. The molecular formula is C25H32N4O3. The molecule has 2 aliphatic rings. The molecule has 0 saturated carbocycles. The van der Waals surface area contributed by atoms with Crippen molar-refractivity contribution >= 4 is 23.2 Å². The van der Waals surface area contributed by atoms with Crippen LogP contribution in [0.4, 0.5) is 11.4 Å². The lowest BCUT2D eigenvalue weighted by Crippen LogP contribution is -2.45. The fourth-order valence-corrected chi connectivity index (χ4v) is 4.22. The number of ether oxygens (including phenoxy) is 1. The Kier molecular flexibility index (Phi) is 7.39. The Bertz CT molecular complexity index is 923. The Labute approximate surface area is 189 Å². The molecule has 2 aliphatic heterocycles. The van der Waals surface area contributed by atoms with E-state index in [0.717, 1.165) is 50.6 Å². The van der Waals surface area contributed by atoms with Crippen molar-refractivity contribution in [1.29, 1.82) is 0 Å². The van der Waals surface area contributed by atoms with Crippen molar-refractivity contribution in [3.63, 3.8) is 0 Å². The molecule has 7 heteroatoms. The molecule has 2 heterocycles. The molecule has 2 amide bonds. The SMILES string of the molecule is CCN1CCN(Cc2ccc(NC(=O)CCC(=O)N3CCOc4ccccc43)cc2)CC1. The van der Waals surface area contributed by atoms with E-state index in [1.807, 2.05) is 36.4 Å². The number of para-hydroxylation sites is 2. The first-order valence-corrected chi connectivity index (χ1v) is 11.5. The van der Waals surface area contributed by atoms with Crippen molar-refractivity contribution in [2.24, 2.45) is 0 Å². The highest BCUT2D eigenvalue weighted by atomic mass is 16.5. The first kappa shape index (κ1) is 22.3. The summed E-state index contributed by atoms with van der Waals surface area (Å²) in [7, 11) is 0. The summed E-state index contributed by atoms with van der Waals surface area (Å²) in [5.41, 5.74) is 2.78. The van der Waals surface area contributed by atoms with Crippen LogP contribution in [0.25, 0.3) is 0 Å². The van der Waals surface area contributed by atoms with Gasteiger partial charge in [-0.1, -0.05) is 31.2 Å². The third-order valence-corrected chi connectivity index (χ3v) is 6.15.